The normalized spacial score (nSPS) is 15.1. The molecule has 154 valence electrons. The van der Waals surface area contributed by atoms with Crippen LogP contribution in [0.1, 0.15) is 24.8 Å². The molecule has 0 bridgehead atoms. The Bertz CT molecular complexity index is 839. The summed E-state index contributed by atoms with van der Waals surface area (Å²) in [6.07, 6.45) is 1.85. The van der Waals surface area contributed by atoms with Gasteiger partial charge in [0.15, 0.2) is 0 Å². The van der Waals surface area contributed by atoms with Crippen molar-refractivity contribution < 1.29 is 14.0 Å². The van der Waals surface area contributed by atoms with E-state index >= 15 is 0 Å². The average Bonchev–Trinajstić information content (AvgIpc) is 2.73. The Hall–Kier alpha value is -2.25. The van der Waals surface area contributed by atoms with Crippen LogP contribution >= 0.6 is 15.9 Å². The first kappa shape index (κ1) is 21.5. The van der Waals surface area contributed by atoms with Crippen LogP contribution in [0.5, 0.6) is 0 Å². The molecule has 7 heteroatoms. The number of amides is 2. The number of piperidine rings is 1. The van der Waals surface area contributed by atoms with Crippen LogP contribution in [-0.4, -0.2) is 36.3 Å². The van der Waals surface area contributed by atoms with Gasteiger partial charge in [0.1, 0.15) is 5.82 Å². The van der Waals surface area contributed by atoms with Gasteiger partial charge in [0, 0.05) is 29.9 Å². The molecule has 0 aliphatic carbocycles. The number of benzene rings is 2. The minimum Gasteiger partial charge on any atom is -0.352 e. The van der Waals surface area contributed by atoms with Gasteiger partial charge in [-0.15, -0.1) is 0 Å². The highest BCUT2D eigenvalue weighted by Crippen LogP contribution is 2.20. The second-order valence-corrected chi connectivity index (χ2v) is 8.16. The monoisotopic (exact) mass is 461 g/mol. The van der Waals surface area contributed by atoms with Gasteiger partial charge in [0.05, 0.1) is 5.69 Å². The molecule has 0 spiro atoms. The molecule has 0 saturated carbocycles. The number of likely N-dealkylation sites (tertiary alicyclic amines) is 1. The van der Waals surface area contributed by atoms with E-state index in [2.05, 4.69) is 31.5 Å². The Morgan fingerprint density at radius 3 is 2.52 bits per heavy atom. The van der Waals surface area contributed by atoms with Gasteiger partial charge in [-0.25, -0.2) is 4.39 Å². The van der Waals surface area contributed by atoms with Crippen molar-refractivity contribution in [2.75, 3.05) is 25.0 Å². The van der Waals surface area contributed by atoms with E-state index in [0.29, 0.717) is 24.0 Å². The lowest BCUT2D eigenvalue weighted by atomic mass is 9.95. The van der Waals surface area contributed by atoms with Crippen molar-refractivity contribution in [1.29, 1.82) is 0 Å². The Balaban J connectivity index is 1.36. The van der Waals surface area contributed by atoms with E-state index < -0.39 is 5.82 Å². The van der Waals surface area contributed by atoms with Crippen LogP contribution in [0.4, 0.5) is 10.1 Å². The SMILES string of the molecule is O=C(CCN1CCC(C(=O)NCc2ccccc2)CC1)Nc1ccc(Br)cc1F. The van der Waals surface area contributed by atoms with E-state index in [9.17, 15) is 14.0 Å². The van der Waals surface area contributed by atoms with Crippen molar-refractivity contribution in [2.45, 2.75) is 25.8 Å². The van der Waals surface area contributed by atoms with Gasteiger partial charge < -0.3 is 15.5 Å². The van der Waals surface area contributed by atoms with Crippen molar-refractivity contribution in [3.8, 4) is 0 Å². The first-order valence-electron chi connectivity index (χ1n) is 9.80. The standard InChI is InChI=1S/C22H25BrFN3O2/c23-18-6-7-20(19(24)14-18)26-21(28)10-13-27-11-8-17(9-12-27)22(29)25-15-16-4-2-1-3-5-16/h1-7,14,17H,8-13,15H2,(H,25,29)(H,26,28). The summed E-state index contributed by atoms with van der Waals surface area (Å²) in [5.74, 6) is -0.568. The van der Waals surface area contributed by atoms with Crippen molar-refractivity contribution in [1.82, 2.24) is 10.2 Å². The van der Waals surface area contributed by atoms with Crippen molar-refractivity contribution >= 4 is 33.4 Å². The molecule has 2 aromatic rings. The van der Waals surface area contributed by atoms with Gasteiger partial charge in [-0.2, -0.15) is 0 Å². The van der Waals surface area contributed by atoms with Crippen LogP contribution in [0.25, 0.3) is 0 Å². The molecular formula is C22H25BrFN3O2. The number of halogens is 2. The zero-order chi connectivity index (χ0) is 20.6. The van der Waals surface area contributed by atoms with E-state index in [0.717, 1.165) is 31.5 Å². The second kappa shape index (κ2) is 10.5. The molecule has 0 radical (unpaired) electrons. The molecule has 2 aromatic carbocycles. The third-order valence-corrected chi connectivity index (χ3v) is 5.62. The van der Waals surface area contributed by atoms with Gasteiger partial charge in [-0.05, 0) is 49.7 Å². The Labute approximate surface area is 178 Å². The molecule has 1 fully saturated rings. The molecule has 0 atom stereocenters. The van der Waals surface area contributed by atoms with E-state index in [-0.39, 0.29) is 23.4 Å². The molecule has 1 aliphatic heterocycles. The summed E-state index contributed by atoms with van der Waals surface area (Å²) in [6, 6.07) is 14.4. The summed E-state index contributed by atoms with van der Waals surface area (Å²) in [4.78, 5) is 26.7. The van der Waals surface area contributed by atoms with Crippen molar-refractivity contribution in [3.05, 3.63) is 64.4 Å². The predicted molar refractivity (Wildman–Crippen MR) is 115 cm³/mol. The molecule has 2 N–H and O–H groups in total. The topological polar surface area (TPSA) is 61.4 Å². The fourth-order valence-electron chi connectivity index (χ4n) is 3.41. The van der Waals surface area contributed by atoms with Gasteiger partial charge in [0.2, 0.25) is 11.8 Å². The molecule has 1 saturated heterocycles. The lowest BCUT2D eigenvalue weighted by Crippen LogP contribution is -2.41. The van der Waals surface area contributed by atoms with Crippen LogP contribution in [0, 0.1) is 11.7 Å². The summed E-state index contributed by atoms with van der Waals surface area (Å²) >= 11 is 3.19. The predicted octanol–water partition coefficient (Wildman–Crippen LogP) is 3.95. The minimum atomic E-state index is -0.463. The van der Waals surface area contributed by atoms with Crippen LogP contribution in [0.3, 0.4) is 0 Å². The molecule has 2 amide bonds. The molecule has 0 aromatic heterocycles. The third kappa shape index (κ3) is 6.65. The maximum Gasteiger partial charge on any atom is 0.225 e. The number of nitrogens with zero attached hydrogens (tertiary/aromatic N) is 1. The molecule has 5 nitrogen and oxygen atoms in total. The van der Waals surface area contributed by atoms with Crippen LogP contribution in [-0.2, 0) is 16.1 Å². The molecular weight excluding hydrogens is 437 g/mol. The third-order valence-electron chi connectivity index (χ3n) is 5.13. The lowest BCUT2D eigenvalue weighted by molar-refractivity contribution is -0.126. The number of anilines is 1. The minimum absolute atomic E-state index is 0.0145. The first-order chi connectivity index (χ1) is 14.0. The highest BCUT2D eigenvalue weighted by atomic mass is 79.9. The molecule has 3 rings (SSSR count). The van der Waals surface area contributed by atoms with E-state index in [1.807, 2.05) is 30.3 Å². The number of nitrogens with one attached hydrogen (secondary N) is 2. The summed E-state index contributed by atoms with van der Waals surface area (Å²) in [5, 5.41) is 5.62. The molecule has 29 heavy (non-hydrogen) atoms. The van der Waals surface area contributed by atoms with Gasteiger partial charge in [-0.1, -0.05) is 46.3 Å². The highest BCUT2D eigenvalue weighted by Gasteiger charge is 2.25. The number of rotatable bonds is 7. The van der Waals surface area contributed by atoms with Crippen LogP contribution < -0.4 is 10.6 Å². The zero-order valence-electron chi connectivity index (χ0n) is 16.2. The molecule has 1 heterocycles. The fourth-order valence-corrected chi connectivity index (χ4v) is 3.74. The first-order valence-corrected chi connectivity index (χ1v) is 10.6. The molecule has 1 aliphatic rings. The second-order valence-electron chi connectivity index (χ2n) is 7.24. The Morgan fingerprint density at radius 2 is 1.83 bits per heavy atom. The summed E-state index contributed by atoms with van der Waals surface area (Å²) in [7, 11) is 0. The number of carbonyl (C=O) groups is 2. The largest absolute Gasteiger partial charge is 0.352 e. The Kier molecular flexibility index (Phi) is 7.77. The maximum atomic E-state index is 13.8. The summed E-state index contributed by atoms with van der Waals surface area (Å²) < 4.78 is 14.4. The fraction of sp³-hybridized carbons (Fsp3) is 0.364. The van der Waals surface area contributed by atoms with E-state index in [4.69, 9.17) is 0 Å². The van der Waals surface area contributed by atoms with Gasteiger partial charge in [-0.3, -0.25) is 9.59 Å². The van der Waals surface area contributed by atoms with E-state index in [1.165, 1.54) is 12.1 Å². The van der Waals surface area contributed by atoms with Crippen molar-refractivity contribution in [2.24, 2.45) is 5.92 Å². The number of carbonyl (C=O) groups excluding carboxylic acids is 2. The quantitative estimate of drug-likeness (QED) is 0.656. The highest BCUT2D eigenvalue weighted by molar-refractivity contribution is 9.10. The van der Waals surface area contributed by atoms with Crippen LogP contribution in [0.15, 0.2) is 53.0 Å². The van der Waals surface area contributed by atoms with Crippen molar-refractivity contribution in [3.63, 3.8) is 0 Å². The number of hydrogen-bond donors (Lipinski definition) is 2. The maximum absolute atomic E-state index is 13.8. The van der Waals surface area contributed by atoms with Crippen LogP contribution in [0.2, 0.25) is 0 Å². The van der Waals surface area contributed by atoms with Gasteiger partial charge >= 0.3 is 0 Å². The lowest BCUT2D eigenvalue weighted by Gasteiger charge is -2.31. The Morgan fingerprint density at radius 1 is 1.10 bits per heavy atom. The van der Waals surface area contributed by atoms with Gasteiger partial charge in [0.25, 0.3) is 0 Å². The number of hydrogen-bond acceptors (Lipinski definition) is 3. The summed E-state index contributed by atoms with van der Waals surface area (Å²) in [5.41, 5.74) is 1.28. The molecule has 0 unspecified atom stereocenters. The zero-order valence-corrected chi connectivity index (χ0v) is 17.8. The average molecular weight is 462 g/mol. The smallest absolute Gasteiger partial charge is 0.225 e. The van der Waals surface area contributed by atoms with E-state index in [1.54, 1.807) is 6.07 Å². The summed E-state index contributed by atoms with van der Waals surface area (Å²) in [6.45, 7) is 2.71.